The van der Waals surface area contributed by atoms with Crippen molar-refractivity contribution in [2.75, 3.05) is 32.7 Å². The lowest BCUT2D eigenvalue weighted by Crippen LogP contribution is -3.15. The van der Waals surface area contributed by atoms with Crippen molar-refractivity contribution in [3.05, 3.63) is 30.3 Å². The topological polar surface area (TPSA) is 70.9 Å². The van der Waals surface area contributed by atoms with E-state index < -0.39 is 10.0 Å². The Morgan fingerprint density at radius 3 is 2.36 bits per heavy atom. The molecule has 0 unspecified atom stereocenters. The van der Waals surface area contributed by atoms with E-state index in [1.165, 1.54) is 23.6 Å². The highest BCUT2D eigenvalue weighted by Gasteiger charge is 2.31. The molecule has 25 heavy (non-hydrogen) atoms. The molecule has 1 aliphatic heterocycles. The fourth-order valence-corrected chi connectivity index (χ4v) is 5.18. The van der Waals surface area contributed by atoms with Crippen LogP contribution >= 0.6 is 0 Å². The van der Waals surface area contributed by atoms with Crippen molar-refractivity contribution in [1.82, 2.24) is 9.62 Å². The van der Waals surface area contributed by atoms with E-state index in [0.717, 1.165) is 17.7 Å². The summed E-state index contributed by atoms with van der Waals surface area (Å²) in [6.45, 7) is 2.70. The smallest absolute Gasteiger partial charge is 0.275 e. The molecule has 1 saturated heterocycles. The van der Waals surface area contributed by atoms with Crippen LogP contribution in [0.3, 0.4) is 0 Å². The van der Waals surface area contributed by atoms with Gasteiger partial charge >= 0.3 is 0 Å². The first kappa shape index (κ1) is 18.4. The number of sulfonamides is 1. The van der Waals surface area contributed by atoms with Crippen molar-refractivity contribution in [2.45, 2.75) is 43.0 Å². The van der Waals surface area contributed by atoms with Gasteiger partial charge in [-0.3, -0.25) is 4.79 Å². The Balaban J connectivity index is 1.47. The number of carbonyl (C=O) groups is 1. The van der Waals surface area contributed by atoms with E-state index in [2.05, 4.69) is 5.32 Å². The predicted molar refractivity (Wildman–Crippen MR) is 95.8 cm³/mol. The summed E-state index contributed by atoms with van der Waals surface area (Å²) in [4.78, 5) is 13.7. The van der Waals surface area contributed by atoms with Crippen molar-refractivity contribution < 1.29 is 18.1 Å². The van der Waals surface area contributed by atoms with Crippen LogP contribution in [0.25, 0.3) is 0 Å². The number of hydrogen-bond acceptors (Lipinski definition) is 3. The third-order valence-electron chi connectivity index (χ3n) is 5.19. The van der Waals surface area contributed by atoms with E-state index in [1.54, 1.807) is 24.3 Å². The fraction of sp³-hybridized carbons (Fsp3) is 0.611. The first-order valence-corrected chi connectivity index (χ1v) is 10.7. The Kier molecular flexibility index (Phi) is 6.09. The van der Waals surface area contributed by atoms with Crippen LogP contribution in [-0.4, -0.2) is 57.4 Å². The molecule has 2 N–H and O–H groups in total. The lowest BCUT2D eigenvalue weighted by molar-refractivity contribution is -0.895. The van der Waals surface area contributed by atoms with Crippen LogP contribution in [0.5, 0.6) is 0 Å². The van der Waals surface area contributed by atoms with Crippen LogP contribution in [-0.2, 0) is 14.8 Å². The number of piperazine rings is 1. The van der Waals surface area contributed by atoms with Gasteiger partial charge in [-0.25, -0.2) is 8.42 Å². The molecule has 1 aromatic carbocycles. The summed E-state index contributed by atoms with van der Waals surface area (Å²) < 4.78 is 26.8. The van der Waals surface area contributed by atoms with Gasteiger partial charge in [0.25, 0.3) is 5.91 Å². The maximum atomic E-state index is 12.6. The van der Waals surface area contributed by atoms with Crippen LogP contribution in [0.15, 0.2) is 35.2 Å². The second kappa shape index (κ2) is 8.29. The van der Waals surface area contributed by atoms with Crippen molar-refractivity contribution >= 4 is 15.9 Å². The minimum atomic E-state index is -3.42. The van der Waals surface area contributed by atoms with Crippen LogP contribution in [0.1, 0.15) is 32.1 Å². The van der Waals surface area contributed by atoms with Gasteiger partial charge < -0.3 is 10.2 Å². The zero-order valence-corrected chi connectivity index (χ0v) is 15.4. The largest absolute Gasteiger partial charge is 0.348 e. The van der Waals surface area contributed by atoms with Crippen LogP contribution in [0.4, 0.5) is 0 Å². The SMILES string of the molecule is O=C(C[NH+]1CCN(S(=O)(=O)c2ccccc2)CC1)NC1CCCCC1. The molecular formula is C18H28N3O3S+. The predicted octanol–water partition coefficient (Wildman–Crippen LogP) is 0.0247. The average molecular weight is 367 g/mol. The maximum Gasteiger partial charge on any atom is 0.275 e. The highest BCUT2D eigenvalue weighted by atomic mass is 32.2. The van der Waals surface area contributed by atoms with Gasteiger partial charge in [0, 0.05) is 6.04 Å². The normalized spacial score (nSPS) is 21.1. The molecule has 1 aliphatic carbocycles. The molecule has 2 fully saturated rings. The van der Waals surface area contributed by atoms with Gasteiger partial charge in [0.05, 0.1) is 31.1 Å². The summed E-state index contributed by atoms with van der Waals surface area (Å²) >= 11 is 0. The first-order valence-electron chi connectivity index (χ1n) is 9.24. The van der Waals surface area contributed by atoms with Gasteiger partial charge in [0.15, 0.2) is 6.54 Å². The third kappa shape index (κ3) is 4.80. The second-order valence-corrected chi connectivity index (χ2v) is 8.98. The number of nitrogens with zero attached hydrogens (tertiary/aromatic N) is 1. The summed E-state index contributed by atoms with van der Waals surface area (Å²) in [7, 11) is -3.42. The third-order valence-corrected chi connectivity index (χ3v) is 7.10. The molecule has 1 heterocycles. The molecule has 3 rings (SSSR count). The molecule has 0 aromatic heterocycles. The Morgan fingerprint density at radius 2 is 1.72 bits per heavy atom. The second-order valence-electron chi connectivity index (χ2n) is 7.05. The zero-order chi connectivity index (χ0) is 17.7. The standard InChI is InChI=1S/C18H27N3O3S/c22-18(19-16-7-3-1-4-8-16)15-20-11-13-21(14-12-20)25(23,24)17-9-5-2-6-10-17/h2,5-6,9-10,16H,1,3-4,7-8,11-15H2,(H,19,22)/p+1. The minimum Gasteiger partial charge on any atom is -0.348 e. The van der Waals surface area contributed by atoms with Gasteiger partial charge in [0.1, 0.15) is 0 Å². The van der Waals surface area contributed by atoms with Crippen molar-refractivity contribution in [3.63, 3.8) is 0 Å². The lowest BCUT2D eigenvalue weighted by Gasteiger charge is -2.31. The Morgan fingerprint density at radius 1 is 1.08 bits per heavy atom. The van der Waals surface area contributed by atoms with Crippen molar-refractivity contribution in [2.24, 2.45) is 0 Å². The molecule has 0 atom stereocenters. The molecule has 7 heteroatoms. The number of amides is 1. The van der Waals surface area contributed by atoms with E-state index in [4.69, 9.17) is 0 Å². The number of hydrogen-bond donors (Lipinski definition) is 2. The molecule has 0 spiro atoms. The van der Waals surface area contributed by atoms with E-state index in [-0.39, 0.29) is 5.91 Å². The molecule has 0 radical (unpaired) electrons. The molecule has 138 valence electrons. The fourth-order valence-electron chi connectivity index (χ4n) is 3.71. The molecule has 2 aliphatic rings. The number of carbonyl (C=O) groups excluding carboxylic acids is 1. The van der Waals surface area contributed by atoms with Crippen molar-refractivity contribution in [3.8, 4) is 0 Å². The molecule has 1 aromatic rings. The van der Waals surface area contributed by atoms with Gasteiger partial charge in [-0.15, -0.1) is 0 Å². The minimum absolute atomic E-state index is 0.0984. The van der Waals surface area contributed by atoms with Crippen molar-refractivity contribution in [1.29, 1.82) is 0 Å². The summed E-state index contributed by atoms with van der Waals surface area (Å²) in [5.41, 5.74) is 0. The number of rotatable bonds is 5. The maximum absolute atomic E-state index is 12.6. The van der Waals surface area contributed by atoms with E-state index >= 15 is 0 Å². The molecule has 1 saturated carbocycles. The molecule has 1 amide bonds. The van der Waals surface area contributed by atoms with Crippen LogP contribution < -0.4 is 10.2 Å². The van der Waals surface area contributed by atoms with Gasteiger partial charge in [-0.2, -0.15) is 4.31 Å². The Bertz CT molecular complexity index is 664. The summed E-state index contributed by atoms with van der Waals surface area (Å²) in [6, 6.07) is 8.89. The van der Waals surface area contributed by atoms with Gasteiger partial charge in [0.2, 0.25) is 10.0 Å². The van der Waals surface area contributed by atoms with Gasteiger partial charge in [-0.05, 0) is 25.0 Å². The Labute approximate surface area is 150 Å². The summed E-state index contributed by atoms with van der Waals surface area (Å²) in [6.07, 6.45) is 5.85. The molecular weight excluding hydrogens is 338 g/mol. The summed E-state index contributed by atoms with van der Waals surface area (Å²) in [5, 5.41) is 3.14. The van der Waals surface area contributed by atoms with Crippen LogP contribution in [0, 0.1) is 0 Å². The van der Waals surface area contributed by atoms with E-state index in [1.807, 2.05) is 6.07 Å². The van der Waals surface area contributed by atoms with E-state index in [0.29, 0.717) is 43.7 Å². The molecule has 6 nitrogen and oxygen atoms in total. The summed E-state index contributed by atoms with van der Waals surface area (Å²) in [5.74, 6) is 0.0984. The zero-order valence-electron chi connectivity index (χ0n) is 14.6. The highest BCUT2D eigenvalue weighted by molar-refractivity contribution is 7.89. The lowest BCUT2D eigenvalue weighted by atomic mass is 9.95. The molecule has 0 bridgehead atoms. The van der Waals surface area contributed by atoms with Gasteiger partial charge in [-0.1, -0.05) is 37.5 Å². The highest BCUT2D eigenvalue weighted by Crippen LogP contribution is 2.17. The number of benzene rings is 1. The van der Waals surface area contributed by atoms with Crippen LogP contribution in [0.2, 0.25) is 0 Å². The quantitative estimate of drug-likeness (QED) is 0.772. The monoisotopic (exact) mass is 366 g/mol. The number of quaternary nitrogens is 1. The first-order chi connectivity index (χ1) is 12.1. The van der Waals surface area contributed by atoms with E-state index in [9.17, 15) is 13.2 Å². The Hall–Kier alpha value is -1.44. The average Bonchev–Trinajstić information content (AvgIpc) is 2.63. The number of nitrogens with one attached hydrogen (secondary N) is 2.